The number of hydrogen-bond donors (Lipinski definition) is 2. The van der Waals surface area contributed by atoms with E-state index in [2.05, 4.69) is 0 Å². The minimum absolute atomic E-state index is 0.0470. The highest BCUT2D eigenvalue weighted by atomic mass is 19.4. The number of alkyl halides is 6. The summed E-state index contributed by atoms with van der Waals surface area (Å²) in [5.41, 5.74) is 8.34. The molecular formula is C27H44F6N2O2. The highest BCUT2D eigenvalue weighted by molar-refractivity contribution is 5.05. The van der Waals surface area contributed by atoms with Gasteiger partial charge in [0.05, 0.1) is 24.4 Å². The van der Waals surface area contributed by atoms with E-state index in [1.165, 1.54) is 0 Å². The number of nitrogens with two attached hydrogens (primary N) is 2. The summed E-state index contributed by atoms with van der Waals surface area (Å²) in [4.78, 5) is 0. The van der Waals surface area contributed by atoms with Gasteiger partial charge in [0.15, 0.2) is 5.41 Å². The Kier molecular flexibility index (Phi) is 9.45. The molecule has 0 aromatic heterocycles. The van der Waals surface area contributed by atoms with E-state index in [-0.39, 0.29) is 87.9 Å². The molecular weight excluding hydrogens is 498 g/mol. The van der Waals surface area contributed by atoms with E-state index in [1.54, 1.807) is 0 Å². The average molecular weight is 543 g/mol. The Hall–Kier alpha value is -0.580. The van der Waals surface area contributed by atoms with Crippen molar-refractivity contribution in [2.45, 2.75) is 152 Å². The Balaban J connectivity index is 1.42. The van der Waals surface area contributed by atoms with Crippen LogP contribution in [0.25, 0.3) is 0 Å². The van der Waals surface area contributed by atoms with Gasteiger partial charge in [-0.2, -0.15) is 26.3 Å². The maximum Gasteiger partial charge on any atom is 0.403 e. The van der Waals surface area contributed by atoms with Crippen LogP contribution in [0.3, 0.4) is 0 Å². The molecule has 0 aliphatic heterocycles. The second-order valence-corrected chi connectivity index (χ2v) is 12.2. The monoisotopic (exact) mass is 542 g/mol. The molecule has 4 aliphatic carbocycles. The van der Waals surface area contributed by atoms with E-state index in [0.717, 1.165) is 38.5 Å². The molecule has 4 rings (SSSR count). The molecule has 4 nitrogen and oxygen atoms in total. The quantitative estimate of drug-likeness (QED) is 0.363. The van der Waals surface area contributed by atoms with Gasteiger partial charge in [0.25, 0.3) is 0 Å². The number of ether oxygens (including phenoxy) is 2. The first kappa shape index (κ1) is 29.4. The van der Waals surface area contributed by atoms with E-state index in [1.807, 2.05) is 0 Å². The smallest absolute Gasteiger partial charge is 0.375 e. The number of halogens is 6. The van der Waals surface area contributed by atoms with Crippen molar-refractivity contribution in [3.63, 3.8) is 0 Å². The maximum atomic E-state index is 14.7. The molecule has 0 saturated heterocycles. The molecule has 0 aromatic carbocycles. The van der Waals surface area contributed by atoms with Crippen LogP contribution in [0.4, 0.5) is 26.3 Å². The Morgan fingerprint density at radius 3 is 1.11 bits per heavy atom. The van der Waals surface area contributed by atoms with E-state index in [0.29, 0.717) is 12.8 Å². The summed E-state index contributed by atoms with van der Waals surface area (Å²) in [6.45, 7) is 0. The molecule has 0 radical (unpaired) electrons. The molecule has 4 aliphatic rings. The SMILES string of the molecule is NC1CCCC(OC2CCC(C(C3CCC(OC4CCCC(N)C4)CC3)(C(F)(F)F)C(F)(F)F)CC2)C1. The highest BCUT2D eigenvalue weighted by Crippen LogP contribution is 2.65. The van der Waals surface area contributed by atoms with E-state index in [4.69, 9.17) is 20.9 Å². The molecule has 0 spiro atoms. The van der Waals surface area contributed by atoms with Gasteiger partial charge in [-0.05, 0) is 115 Å². The zero-order valence-electron chi connectivity index (χ0n) is 21.7. The van der Waals surface area contributed by atoms with Crippen LogP contribution >= 0.6 is 0 Å². The predicted molar refractivity (Wildman–Crippen MR) is 129 cm³/mol. The van der Waals surface area contributed by atoms with Crippen molar-refractivity contribution < 1.29 is 35.8 Å². The van der Waals surface area contributed by atoms with Crippen LogP contribution in [0.15, 0.2) is 0 Å². The second-order valence-electron chi connectivity index (χ2n) is 12.2. The van der Waals surface area contributed by atoms with Crippen LogP contribution in [-0.2, 0) is 9.47 Å². The van der Waals surface area contributed by atoms with Crippen LogP contribution < -0.4 is 11.5 Å². The molecule has 4 atom stereocenters. The lowest BCUT2D eigenvalue weighted by molar-refractivity contribution is -0.383. The molecule has 0 amide bonds. The van der Waals surface area contributed by atoms with E-state index < -0.39 is 29.6 Å². The summed E-state index contributed by atoms with van der Waals surface area (Å²) < 4.78 is 100. The normalized spacial score (nSPS) is 38.9. The third kappa shape index (κ3) is 6.60. The zero-order valence-corrected chi connectivity index (χ0v) is 21.7. The molecule has 216 valence electrons. The Bertz CT molecular complexity index is 657. The van der Waals surface area contributed by atoms with Crippen LogP contribution in [0.1, 0.15) is 103 Å². The summed E-state index contributed by atoms with van der Waals surface area (Å²) in [5.74, 6) is -2.97. The van der Waals surface area contributed by atoms with Gasteiger partial charge in [-0.15, -0.1) is 0 Å². The van der Waals surface area contributed by atoms with Gasteiger partial charge in [-0.1, -0.05) is 0 Å². The van der Waals surface area contributed by atoms with Crippen molar-refractivity contribution in [2.75, 3.05) is 0 Å². The standard InChI is InChI=1S/C27H44F6N2O2/c28-26(29,30)25(27(31,32)33,17-7-11-21(12-8-17)36-23-5-1-3-19(34)15-23)18-9-13-22(14-10-18)37-24-6-2-4-20(35)16-24/h17-24H,1-16,34-35H2. The van der Waals surface area contributed by atoms with Gasteiger partial charge < -0.3 is 20.9 Å². The lowest BCUT2D eigenvalue weighted by atomic mass is 9.57. The maximum absolute atomic E-state index is 14.7. The second kappa shape index (κ2) is 11.9. The largest absolute Gasteiger partial charge is 0.403 e. The van der Waals surface area contributed by atoms with Crippen molar-refractivity contribution >= 4 is 0 Å². The van der Waals surface area contributed by atoms with Gasteiger partial charge in [-0.25, -0.2) is 0 Å². The number of hydrogen-bond acceptors (Lipinski definition) is 4. The Morgan fingerprint density at radius 1 is 0.459 bits per heavy atom. The van der Waals surface area contributed by atoms with Crippen molar-refractivity contribution in [2.24, 2.45) is 28.7 Å². The van der Waals surface area contributed by atoms with Gasteiger partial charge in [0, 0.05) is 12.1 Å². The fourth-order valence-corrected chi connectivity index (χ4v) is 7.88. The molecule has 0 bridgehead atoms. The van der Waals surface area contributed by atoms with Crippen LogP contribution in [0, 0.1) is 17.3 Å². The van der Waals surface area contributed by atoms with Gasteiger partial charge in [0.2, 0.25) is 0 Å². The Labute approximate surface area is 216 Å². The van der Waals surface area contributed by atoms with Gasteiger partial charge in [-0.3, -0.25) is 0 Å². The van der Waals surface area contributed by atoms with Crippen LogP contribution in [0.2, 0.25) is 0 Å². The third-order valence-electron chi connectivity index (χ3n) is 9.68. The summed E-state index contributed by atoms with van der Waals surface area (Å²) in [7, 11) is 0. The first-order valence-electron chi connectivity index (χ1n) is 14.4. The molecule has 0 aromatic rings. The highest BCUT2D eigenvalue weighted by Gasteiger charge is 2.76. The molecule has 4 saturated carbocycles. The summed E-state index contributed by atoms with van der Waals surface area (Å²) in [6.07, 6.45) is -4.19. The van der Waals surface area contributed by atoms with Crippen molar-refractivity contribution in [1.82, 2.24) is 0 Å². The minimum Gasteiger partial charge on any atom is -0.375 e. The topological polar surface area (TPSA) is 70.5 Å². The summed E-state index contributed by atoms with van der Waals surface area (Å²) >= 11 is 0. The Morgan fingerprint density at radius 2 is 0.811 bits per heavy atom. The van der Waals surface area contributed by atoms with E-state index in [9.17, 15) is 26.3 Å². The lowest BCUT2D eigenvalue weighted by Crippen LogP contribution is -2.61. The predicted octanol–water partition coefficient (Wildman–Crippen LogP) is 6.79. The summed E-state index contributed by atoms with van der Waals surface area (Å²) in [5, 5.41) is 0. The fourth-order valence-electron chi connectivity index (χ4n) is 7.88. The molecule has 4 unspecified atom stereocenters. The van der Waals surface area contributed by atoms with Crippen molar-refractivity contribution in [3.8, 4) is 0 Å². The number of rotatable bonds is 6. The van der Waals surface area contributed by atoms with Crippen molar-refractivity contribution in [3.05, 3.63) is 0 Å². The molecule has 4 fully saturated rings. The van der Waals surface area contributed by atoms with E-state index >= 15 is 0 Å². The molecule has 0 heterocycles. The van der Waals surface area contributed by atoms with Gasteiger partial charge in [0.1, 0.15) is 0 Å². The van der Waals surface area contributed by atoms with Crippen LogP contribution in [-0.4, -0.2) is 48.9 Å². The van der Waals surface area contributed by atoms with Crippen LogP contribution in [0.5, 0.6) is 0 Å². The summed E-state index contributed by atoms with van der Waals surface area (Å²) in [6, 6.07) is 0.0966. The first-order valence-corrected chi connectivity index (χ1v) is 14.4. The average Bonchev–Trinajstić information content (AvgIpc) is 2.80. The van der Waals surface area contributed by atoms with Gasteiger partial charge >= 0.3 is 12.4 Å². The zero-order chi connectivity index (χ0) is 26.8. The first-order chi connectivity index (χ1) is 17.4. The van der Waals surface area contributed by atoms with Crippen molar-refractivity contribution in [1.29, 1.82) is 0 Å². The molecule has 10 heteroatoms. The fraction of sp³-hybridized carbons (Fsp3) is 1.00. The molecule has 4 N–H and O–H groups in total. The lowest BCUT2D eigenvalue weighted by Gasteiger charge is -2.51. The minimum atomic E-state index is -5.37. The third-order valence-corrected chi connectivity index (χ3v) is 9.68. The molecule has 37 heavy (non-hydrogen) atoms.